The molecular formula is C15H14IN3O. The highest BCUT2D eigenvalue weighted by Gasteiger charge is 2.23. The number of halogens is 1. The van der Waals surface area contributed by atoms with Crippen LogP contribution in [0, 0.1) is 10.5 Å². The molecule has 0 saturated heterocycles. The molecule has 0 aliphatic heterocycles. The quantitative estimate of drug-likeness (QED) is 0.708. The van der Waals surface area contributed by atoms with Gasteiger partial charge in [0, 0.05) is 0 Å². The first-order chi connectivity index (χ1) is 9.68. The number of rotatable bonds is 3. The molecule has 0 saturated carbocycles. The van der Waals surface area contributed by atoms with Crippen molar-refractivity contribution in [3.63, 3.8) is 0 Å². The van der Waals surface area contributed by atoms with Gasteiger partial charge in [0.05, 0.1) is 15.5 Å². The zero-order valence-electron chi connectivity index (χ0n) is 11.0. The minimum absolute atomic E-state index is 0.145. The molecule has 3 rings (SSSR count). The zero-order chi connectivity index (χ0) is 14.1. The molecule has 0 aliphatic carbocycles. The van der Waals surface area contributed by atoms with Crippen LogP contribution in [0.15, 0.2) is 53.1 Å². The highest BCUT2D eigenvalue weighted by Crippen LogP contribution is 2.31. The lowest BCUT2D eigenvalue weighted by molar-refractivity contribution is 0.443. The first-order valence-electron chi connectivity index (χ1n) is 6.27. The summed E-state index contributed by atoms with van der Waals surface area (Å²) >= 11 is 2.22. The number of aromatic nitrogens is 2. The molecule has 2 heterocycles. The molecular weight excluding hydrogens is 365 g/mol. The molecule has 5 heteroatoms. The van der Waals surface area contributed by atoms with Crippen LogP contribution in [0.5, 0.6) is 0 Å². The summed E-state index contributed by atoms with van der Waals surface area (Å²) < 4.78 is 8.40. The summed E-state index contributed by atoms with van der Waals surface area (Å²) in [5.41, 5.74) is 8.22. The molecule has 0 spiro atoms. The average molecular weight is 379 g/mol. The number of nitrogen functional groups attached to an aromatic ring is 1. The van der Waals surface area contributed by atoms with Gasteiger partial charge >= 0.3 is 0 Å². The van der Waals surface area contributed by atoms with Crippen LogP contribution in [0.2, 0.25) is 0 Å². The van der Waals surface area contributed by atoms with Crippen molar-refractivity contribution < 1.29 is 4.42 Å². The van der Waals surface area contributed by atoms with E-state index in [0.717, 1.165) is 20.6 Å². The standard InChI is InChI=1S/C15H14IN3O/c1-10-13(16)15(17)19(18-10)14(12-8-5-9-20-12)11-6-3-2-4-7-11/h2-9,14H,17H2,1H3. The summed E-state index contributed by atoms with van der Waals surface area (Å²) in [6.07, 6.45) is 1.67. The summed E-state index contributed by atoms with van der Waals surface area (Å²) in [6.45, 7) is 1.96. The van der Waals surface area contributed by atoms with Crippen molar-refractivity contribution in [2.45, 2.75) is 13.0 Å². The lowest BCUT2D eigenvalue weighted by Crippen LogP contribution is -2.15. The van der Waals surface area contributed by atoms with Crippen molar-refractivity contribution in [2.24, 2.45) is 0 Å². The molecule has 4 nitrogen and oxygen atoms in total. The molecule has 0 fully saturated rings. The SMILES string of the molecule is Cc1nn(C(c2ccccc2)c2ccco2)c(N)c1I. The molecule has 1 aromatic carbocycles. The molecule has 1 unspecified atom stereocenters. The molecule has 3 aromatic rings. The van der Waals surface area contributed by atoms with Gasteiger partial charge in [-0.2, -0.15) is 5.10 Å². The molecule has 0 amide bonds. The van der Waals surface area contributed by atoms with E-state index in [4.69, 9.17) is 10.2 Å². The number of hydrogen-bond donors (Lipinski definition) is 1. The molecule has 0 bridgehead atoms. The lowest BCUT2D eigenvalue weighted by Gasteiger charge is -2.17. The Bertz CT molecular complexity index is 704. The topological polar surface area (TPSA) is 57.0 Å². The molecule has 1 atom stereocenters. The van der Waals surface area contributed by atoms with Gasteiger partial charge in [0.25, 0.3) is 0 Å². The van der Waals surface area contributed by atoms with E-state index in [9.17, 15) is 0 Å². The third-order valence-electron chi connectivity index (χ3n) is 3.22. The number of hydrogen-bond acceptors (Lipinski definition) is 3. The van der Waals surface area contributed by atoms with Crippen LogP contribution in [-0.2, 0) is 0 Å². The van der Waals surface area contributed by atoms with Crippen LogP contribution in [0.1, 0.15) is 23.1 Å². The Balaban J connectivity index is 2.18. The van der Waals surface area contributed by atoms with Gasteiger partial charge in [-0.05, 0) is 47.2 Å². The monoisotopic (exact) mass is 379 g/mol. The van der Waals surface area contributed by atoms with Gasteiger partial charge in [-0.1, -0.05) is 30.3 Å². The second-order valence-electron chi connectivity index (χ2n) is 4.56. The van der Waals surface area contributed by atoms with Crippen molar-refractivity contribution in [2.75, 3.05) is 5.73 Å². The fourth-order valence-electron chi connectivity index (χ4n) is 2.25. The maximum absolute atomic E-state index is 6.20. The molecule has 2 N–H and O–H groups in total. The number of benzene rings is 1. The predicted octanol–water partition coefficient (Wildman–Crippen LogP) is 3.61. The minimum atomic E-state index is -0.145. The highest BCUT2D eigenvalue weighted by atomic mass is 127. The van der Waals surface area contributed by atoms with E-state index in [1.807, 2.05) is 41.9 Å². The maximum Gasteiger partial charge on any atom is 0.137 e. The Hall–Kier alpha value is -1.76. The fraction of sp³-hybridized carbons (Fsp3) is 0.133. The van der Waals surface area contributed by atoms with Crippen molar-refractivity contribution in [1.29, 1.82) is 0 Å². The normalized spacial score (nSPS) is 12.5. The maximum atomic E-state index is 6.20. The second kappa shape index (κ2) is 5.32. The van der Waals surface area contributed by atoms with Crippen LogP contribution >= 0.6 is 22.6 Å². The van der Waals surface area contributed by atoms with E-state index in [2.05, 4.69) is 39.8 Å². The largest absolute Gasteiger partial charge is 0.467 e. The third kappa shape index (κ3) is 2.22. The van der Waals surface area contributed by atoms with Crippen LogP contribution in [0.25, 0.3) is 0 Å². The van der Waals surface area contributed by atoms with Gasteiger partial charge in [-0.15, -0.1) is 0 Å². The predicted molar refractivity (Wildman–Crippen MR) is 86.5 cm³/mol. The summed E-state index contributed by atoms with van der Waals surface area (Å²) in [4.78, 5) is 0. The molecule has 0 aliphatic rings. The van der Waals surface area contributed by atoms with Crippen molar-refractivity contribution in [1.82, 2.24) is 9.78 Å². The lowest BCUT2D eigenvalue weighted by atomic mass is 10.0. The number of furan rings is 1. The van der Waals surface area contributed by atoms with Crippen molar-refractivity contribution in [3.8, 4) is 0 Å². The van der Waals surface area contributed by atoms with E-state index >= 15 is 0 Å². The van der Waals surface area contributed by atoms with Crippen LogP contribution in [0.3, 0.4) is 0 Å². The van der Waals surface area contributed by atoms with Crippen molar-refractivity contribution >= 4 is 28.4 Å². The fourth-order valence-corrected chi connectivity index (χ4v) is 2.61. The summed E-state index contributed by atoms with van der Waals surface area (Å²) in [6, 6.07) is 13.8. The Morgan fingerprint density at radius 1 is 1.20 bits per heavy atom. The Morgan fingerprint density at radius 3 is 2.50 bits per heavy atom. The first kappa shape index (κ1) is 13.2. The van der Waals surface area contributed by atoms with E-state index in [0.29, 0.717) is 5.82 Å². The zero-order valence-corrected chi connectivity index (χ0v) is 13.1. The number of anilines is 1. The third-order valence-corrected chi connectivity index (χ3v) is 4.55. The van der Waals surface area contributed by atoms with Crippen LogP contribution < -0.4 is 5.73 Å². The van der Waals surface area contributed by atoms with E-state index in [-0.39, 0.29) is 6.04 Å². The van der Waals surface area contributed by atoms with E-state index in [1.165, 1.54) is 0 Å². The summed E-state index contributed by atoms with van der Waals surface area (Å²) in [5.74, 6) is 1.48. The molecule has 0 radical (unpaired) electrons. The van der Waals surface area contributed by atoms with Gasteiger partial charge in [-0.25, -0.2) is 4.68 Å². The average Bonchev–Trinajstić information content (AvgIpc) is 3.07. The van der Waals surface area contributed by atoms with E-state index < -0.39 is 0 Å². The second-order valence-corrected chi connectivity index (χ2v) is 5.64. The highest BCUT2D eigenvalue weighted by molar-refractivity contribution is 14.1. The van der Waals surface area contributed by atoms with Gasteiger partial charge in [0.15, 0.2) is 0 Å². The first-order valence-corrected chi connectivity index (χ1v) is 7.35. The van der Waals surface area contributed by atoms with Gasteiger partial charge in [0.1, 0.15) is 17.6 Å². The van der Waals surface area contributed by atoms with Crippen LogP contribution in [0.4, 0.5) is 5.82 Å². The number of aryl methyl sites for hydroxylation is 1. The van der Waals surface area contributed by atoms with Gasteiger partial charge < -0.3 is 10.2 Å². The molecule has 20 heavy (non-hydrogen) atoms. The van der Waals surface area contributed by atoms with Gasteiger partial charge in [0.2, 0.25) is 0 Å². The smallest absolute Gasteiger partial charge is 0.137 e. The van der Waals surface area contributed by atoms with E-state index in [1.54, 1.807) is 6.26 Å². The van der Waals surface area contributed by atoms with Crippen molar-refractivity contribution in [3.05, 3.63) is 69.3 Å². The Kier molecular flexibility index (Phi) is 3.52. The number of nitrogens with two attached hydrogens (primary N) is 1. The molecule has 102 valence electrons. The van der Waals surface area contributed by atoms with Gasteiger partial charge in [-0.3, -0.25) is 0 Å². The Labute approximate surface area is 130 Å². The van der Waals surface area contributed by atoms with Crippen LogP contribution in [-0.4, -0.2) is 9.78 Å². The molecule has 2 aromatic heterocycles. The Morgan fingerprint density at radius 2 is 1.95 bits per heavy atom. The minimum Gasteiger partial charge on any atom is -0.467 e. The summed E-state index contributed by atoms with van der Waals surface area (Å²) in [7, 11) is 0. The number of nitrogens with zero attached hydrogens (tertiary/aromatic N) is 2. The summed E-state index contributed by atoms with van der Waals surface area (Å²) in [5, 5.41) is 4.57.